The second kappa shape index (κ2) is 6.74. The molecule has 3 rings (SSSR count). The number of piperidine rings is 1. The molecule has 1 aromatic rings. The third-order valence-electron chi connectivity index (χ3n) is 4.38. The average molecular weight is 295 g/mol. The number of piperazine rings is 1. The molecule has 0 spiro atoms. The minimum absolute atomic E-state index is 0.707. The molecule has 0 aromatic carbocycles. The number of hydrogen-bond donors (Lipinski definition) is 1. The Hall–Kier alpha value is -0.840. The fourth-order valence-electron chi connectivity index (χ4n) is 3.14. The van der Waals surface area contributed by atoms with Gasteiger partial charge in [-0.25, -0.2) is 4.98 Å². The lowest BCUT2D eigenvalue weighted by atomic mass is 9.97. The number of nitrogens with zero attached hydrogens (tertiary/aromatic N) is 3. The van der Waals surface area contributed by atoms with Gasteiger partial charge < -0.3 is 10.2 Å². The topological polar surface area (TPSA) is 31.4 Å². The van der Waals surface area contributed by atoms with E-state index >= 15 is 0 Å². The maximum atomic E-state index is 5.89. The molecule has 0 aliphatic carbocycles. The van der Waals surface area contributed by atoms with Gasteiger partial charge in [0.15, 0.2) is 0 Å². The highest BCUT2D eigenvalue weighted by Crippen LogP contribution is 2.18. The summed E-state index contributed by atoms with van der Waals surface area (Å²) in [6.45, 7) is 8.09. The smallest absolute Gasteiger partial charge is 0.128 e. The van der Waals surface area contributed by atoms with Crippen molar-refractivity contribution in [2.24, 2.45) is 5.92 Å². The fraction of sp³-hybridized carbons (Fsp3) is 0.667. The SMILES string of the molecule is Clc1ccc(N2CCN(CC3CCNCC3)CC2)nc1. The Morgan fingerprint density at radius 2 is 1.90 bits per heavy atom. The van der Waals surface area contributed by atoms with Gasteiger partial charge in [-0.1, -0.05) is 11.6 Å². The highest BCUT2D eigenvalue weighted by atomic mass is 35.5. The summed E-state index contributed by atoms with van der Waals surface area (Å²) in [5, 5.41) is 4.15. The number of pyridine rings is 1. The van der Waals surface area contributed by atoms with Crippen LogP contribution >= 0.6 is 11.6 Å². The van der Waals surface area contributed by atoms with E-state index < -0.39 is 0 Å². The second-order valence-corrected chi connectivity index (χ2v) is 6.25. The second-order valence-electron chi connectivity index (χ2n) is 5.82. The maximum Gasteiger partial charge on any atom is 0.128 e. The largest absolute Gasteiger partial charge is 0.354 e. The van der Waals surface area contributed by atoms with Gasteiger partial charge in [0, 0.05) is 38.9 Å². The van der Waals surface area contributed by atoms with E-state index in [0.29, 0.717) is 5.02 Å². The van der Waals surface area contributed by atoms with E-state index in [1.807, 2.05) is 12.1 Å². The van der Waals surface area contributed by atoms with E-state index in [1.54, 1.807) is 6.20 Å². The van der Waals surface area contributed by atoms with Crippen molar-refractivity contribution < 1.29 is 0 Å². The van der Waals surface area contributed by atoms with Crippen LogP contribution in [0.25, 0.3) is 0 Å². The van der Waals surface area contributed by atoms with E-state index in [9.17, 15) is 0 Å². The van der Waals surface area contributed by atoms with E-state index in [0.717, 1.165) is 37.9 Å². The molecule has 1 N–H and O–H groups in total. The molecule has 3 heterocycles. The van der Waals surface area contributed by atoms with Crippen LogP contribution < -0.4 is 10.2 Å². The predicted molar refractivity (Wildman–Crippen MR) is 83.5 cm³/mol. The first-order chi connectivity index (χ1) is 9.81. The number of halogens is 1. The van der Waals surface area contributed by atoms with Crippen LogP contribution in [0.4, 0.5) is 5.82 Å². The van der Waals surface area contributed by atoms with E-state index in [2.05, 4.69) is 20.1 Å². The minimum atomic E-state index is 0.707. The molecule has 1 aromatic heterocycles. The van der Waals surface area contributed by atoms with Crippen molar-refractivity contribution in [1.82, 2.24) is 15.2 Å². The van der Waals surface area contributed by atoms with Gasteiger partial charge in [0.1, 0.15) is 5.82 Å². The van der Waals surface area contributed by atoms with Crippen LogP contribution in [0.1, 0.15) is 12.8 Å². The Bertz CT molecular complexity index is 408. The first-order valence-corrected chi connectivity index (χ1v) is 7.98. The average Bonchev–Trinajstić information content (AvgIpc) is 2.50. The number of rotatable bonds is 3. The summed E-state index contributed by atoms with van der Waals surface area (Å²) in [7, 11) is 0. The first kappa shape index (κ1) is 14.1. The van der Waals surface area contributed by atoms with E-state index in [4.69, 9.17) is 11.6 Å². The Morgan fingerprint density at radius 1 is 1.15 bits per heavy atom. The van der Waals surface area contributed by atoms with Crippen LogP contribution in [0, 0.1) is 5.92 Å². The van der Waals surface area contributed by atoms with Crippen molar-refractivity contribution in [1.29, 1.82) is 0 Å². The van der Waals surface area contributed by atoms with Crippen LogP contribution in [-0.2, 0) is 0 Å². The molecule has 0 atom stereocenters. The van der Waals surface area contributed by atoms with Crippen molar-refractivity contribution >= 4 is 17.4 Å². The molecule has 2 aliphatic heterocycles. The first-order valence-electron chi connectivity index (χ1n) is 7.61. The Morgan fingerprint density at radius 3 is 2.55 bits per heavy atom. The lowest BCUT2D eigenvalue weighted by Gasteiger charge is -2.37. The van der Waals surface area contributed by atoms with Gasteiger partial charge in [0.25, 0.3) is 0 Å². The van der Waals surface area contributed by atoms with Crippen molar-refractivity contribution in [3.8, 4) is 0 Å². The summed E-state index contributed by atoms with van der Waals surface area (Å²) in [6.07, 6.45) is 4.40. The molecule has 0 amide bonds. The number of aromatic nitrogens is 1. The molecule has 2 saturated heterocycles. The monoisotopic (exact) mass is 294 g/mol. The summed E-state index contributed by atoms with van der Waals surface area (Å²) >= 11 is 5.89. The Labute approximate surface area is 126 Å². The molecular weight excluding hydrogens is 272 g/mol. The van der Waals surface area contributed by atoms with E-state index in [-0.39, 0.29) is 0 Å². The third-order valence-corrected chi connectivity index (χ3v) is 4.61. The number of hydrogen-bond acceptors (Lipinski definition) is 4. The normalized spacial score (nSPS) is 22.1. The van der Waals surface area contributed by atoms with Crippen LogP contribution in [0.5, 0.6) is 0 Å². The fourth-order valence-corrected chi connectivity index (χ4v) is 3.26. The summed E-state index contributed by atoms with van der Waals surface area (Å²) in [4.78, 5) is 9.38. The van der Waals surface area contributed by atoms with Crippen LogP contribution in [0.15, 0.2) is 18.3 Å². The van der Waals surface area contributed by atoms with Gasteiger partial charge in [0.2, 0.25) is 0 Å². The van der Waals surface area contributed by atoms with Crippen LogP contribution in [0.3, 0.4) is 0 Å². The Balaban J connectivity index is 1.47. The number of nitrogens with one attached hydrogen (secondary N) is 1. The summed E-state index contributed by atoms with van der Waals surface area (Å²) in [5.41, 5.74) is 0. The zero-order valence-electron chi connectivity index (χ0n) is 11.9. The zero-order valence-corrected chi connectivity index (χ0v) is 12.6. The molecule has 4 nitrogen and oxygen atoms in total. The van der Waals surface area contributed by atoms with Gasteiger partial charge >= 0.3 is 0 Å². The summed E-state index contributed by atoms with van der Waals surface area (Å²) < 4.78 is 0. The molecule has 2 aliphatic rings. The lowest BCUT2D eigenvalue weighted by molar-refractivity contribution is 0.196. The standard InChI is InChI=1S/C15H23ClN4/c16-14-1-2-15(18-11-14)20-9-7-19(8-10-20)12-13-3-5-17-6-4-13/h1-2,11,13,17H,3-10,12H2. The highest BCUT2D eigenvalue weighted by molar-refractivity contribution is 6.30. The molecule has 0 bridgehead atoms. The minimum Gasteiger partial charge on any atom is -0.354 e. The maximum absolute atomic E-state index is 5.89. The van der Waals surface area contributed by atoms with Gasteiger partial charge in [0.05, 0.1) is 5.02 Å². The zero-order chi connectivity index (χ0) is 13.8. The quantitative estimate of drug-likeness (QED) is 0.922. The predicted octanol–water partition coefficient (Wildman–Crippen LogP) is 1.86. The van der Waals surface area contributed by atoms with Crippen molar-refractivity contribution in [3.05, 3.63) is 23.4 Å². The van der Waals surface area contributed by atoms with Crippen molar-refractivity contribution in [3.63, 3.8) is 0 Å². The molecule has 2 fully saturated rings. The molecule has 0 unspecified atom stereocenters. The third kappa shape index (κ3) is 3.62. The molecule has 20 heavy (non-hydrogen) atoms. The van der Waals surface area contributed by atoms with Crippen molar-refractivity contribution in [2.75, 3.05) is 50.7 Å². The Kier molecular flexibility index (Phi) is 4.76. The molecule has 110 valence electrons. The van der Waals surface area contributed by atoms with Crippen molar-refractivity contribution in [2.45, 2.75) is 12.8 Å². The van der Waals surface area contributed by atoms with E-state index in [1.165, 1.54) is 32.5 Å². The molecule has 0 radical (unpaired) electrons. The molecule has 0 saturated carbocycles. The summed E-state index contributed by atoms with van der Waals surface area (Å²) in [5.74, 6) is 1.94. The van der Waals surface area contributed by atoms with Gasteiger partial charge in [-0.2, -0.15) is 0 Å². The van der Waals surface area contributed by atoms with Gasteiger partial charge in [-0.3, -0.25) is 4.90 Å². The molecular formula is C15H23ClN4. The highest BCUT2D eigenvalue weighted by Gasteiger charge is 2.21. The lowest BCUT2D eigenvalue weighted by Crippen LogP contribution is -2.48. The summed E-state index contributed by atoms with van der Waals surface area (Å²) in [6, 6.07) is 3.94. The van der Waals surface area contributed by atoms with Gasteiger partial charge in [-0.05, 0) is 44.0 Å². The van der Waals surface area contributed by atoms with Crippen LogP contribution in [-0.4, -0.2) is 55.7 Å². The molecule has 5 heteroatoms. The van der Waals surface area contributed by atoms with Gasteiger partial charge in [-0.15, -0.1) is 0 Å². The number of anilines is 1. The van der Waals surface area contributed by atoms with Crippen LogP contribution in [0.2, 0.25) is 5.02 Å².